The van der Waals surface area contributed by atoms with Crippen LogP contribution in [0.2, 0.25) is 0 Å². The third kappa shape index (κ3) is 3.73. The standard InChI is InChI=1S/C21H16N4O3/c26-20-18(23-21(27)28-14-15-7-3-1-4-8-15)13-22-19-12-11-17(24-25(19)20)16-9-5-2-6-10-16/h1-13H,14H2,(H,23,27). The van der Waals surface area contributed by atoms with E-state index < -0.39 is 11.7 Å². The third-order valence-corrected chi connectivity index (χ3v) is 4.08. The van der Waals surface area contributed by atoms with E-state index in [0.29, 0.717) is 11.3 Å². The second-order valence-electron chi connectivity index (χ2n) is 6.02. The van der Waals surface area contributed by atoms with Gasteiger partial charge in [-0.25, -0.2) is 9.78 Å². The average Bonchev–Trinajstić information content (AvgIpc) is 2.75. The fraction of sp³-hybridized carbons (Fsp3) is 0.0476. The van der Waals surface area contributed by atoms with Crippen molar-refractivity contribution in [1.82, 2.24) is 14.6 Å². The molecule has 7 nitrogen and oxygen atoms in total. The molecule has 0 fully saturated rings. The Bertz CT molecular complexity index is 1170. The SMILES string of the molecule is O=C(Nc1cnc2ccc(-c3ccccc3)nn2c1=O)OCc1ccccc1. The number of nitrogens with one attached hydrogen (secondary N) is 1. The quantitative estimate of drug-likeness (QED) is 0.592. The van der Waals surface area contributed by atoms with Gasteiger partial charge in [0.2, 0.25) is 0 Å². The van der Waals surface area contributed by atoms with Gasteiger partial charge in [0, 0.05) is 5.56 Å². The molecule has 1 N–H and O–H groups in total. The lowest BCUT2D eigenvalue weighted by Gasteiger charge is -2.08. The summed E-state index contributed by atoms with van der Waals surface area (Å²) in [5.74, 6) is 0. The second-order valence-corrected chi connectivity index (χ2v) is 6.02. The van der Waals surface area contributed by atoms with Gasteiger partial charge in [-0.1, -0.05) is 60.7 Å². The van der Waals surface area contributed by atoms with Gasteiger partial charge in [-0.2, -0.15) is 9.61 Å². The molecule has 1 amide bonds. The highest BCUT2D eigenvalue weighted by atomic mass is 16.5. The van der Waals surface area contributed by atoms with Gasteiger partial charge in [-0.15, -0.1) is 0 Å². The van der Waals surface area contributed by atoms with Crippen LogP contribution in [-0.2, 0) is 11.3 Å². The van der Waals surface area contributed by atoms with E-state index in [-0.39, 0.29) is 12.3 Å². The number of ether oxygens (including phenoxy) is 1. The molecule has 0 unspecified atom stereocenters. The molecule has 0 aliphatic rings. The van der Waals surface area contributed by atoms with Gasteiger partial charge in [0.15, 0.2) is 5.65 Å². The molecule has 0 radical (unpaired) electrons. The Hall–Kier alpha value is -4.00. The minimum atomic E-state index is -0.734. The first kappa shape index (κ1) is 17.4. The van der Waals surface area contributed by atoms with Crippen LogP contribution in [0.1, 0.15) is 5.56 Å². The first-order valence-electron chi connectivity index (χ1n) is 8.63. The smallest absolute Gasteiger partial charge is 0.412 e. The first-order valence-corrected chi connectivity index (χ1v) is 8.63. The summed E-state index contributed by atoms with van der Waals surface area (Å²) in [6, 6.07) is 22.2. The molecular weight excluding hydrogens is 356 g/mol. The minimum Gasteiger partial charge on any atom is -0.444 e. The van der Waals surface area contributed by atoms with E-state index in [1.807, 2.05) is 60.7 Å². The third-order valence-electron chi connectivity index (χ3n) is 4.08. The Labute approximate surface area is 160 Å². The molecule has 0 atom stereocenters. The molecule has 7 heteroatoms. The topological polar surface area (TPSA) is 85.6 Å². The van der Waals surface area contributed by atoms with Crippen LogP contribution in [0.5, 0.6) is 0 Å². The molecule has 2 aromatic carbocycles. The summed E-state index contributed by atoms with van der Waals surface area (Å²) < 4.78 is 6.31. The maximum Gasteiger partial charge on any atom is 0.412 e. The Balaban J connectivity index is 1.56. The maximum absolute atomic E-state index is 12.7. The van der Waals surface area contributed by atoms with E-state index in [1.165, 1.54) is 6.20 Å². The molecule has 0 aliphatic carbocycles. The zero-order valence-electron chi connectivity index (χ0n) is 14.8. The predicted octanol–water partition coefficient (Wildman–Crippen LogP) is 3.51. The molecule has 0 saturated carbocycles. The summed E-state index contributed by atoms with van der Waals surface area (Å²) in [5, 5.41) is 6.79. The van der Waals surface area contributed by atoms with Gasteiger partial charge in [0.1, 0.15) is 12.3 Å². The van der Waals surface area contributed by atoms with E-state index in [4.69, 9.17) is 4.74 Å². The highest BCUT2D eigenvalue weighted by Crippen LogP contribution is 2.16. The lowest BCUT2D eigenvalue weighted by molar-refractivity contribution is 0.155. The molecular formula is C21H16N4O3. The van der Waals surface area contributed by atoms with E-state index in [9.17, 15) is 9.59 Å². The highest BCUT2D eigenvalue weighted by Gasteiger charge is 2.11. The second kappa shape index (κ2) is 7.71. The summed E-state index contributed by atoms with van der Waals surface area (Å²) in [5.41, 5.74) is 2.23. The fourth-order valence-electron chi connectivity index (χ4n) is 2.68. The number of carbonyl (C=O) groups excluding carboxylic acids is 1. The van der Waals surface area contributed by atoms with Crippen LogP contribution in [-0.4, -0.2) is 20.7 Å². The van der Waals surface area contributed by atoms with Crippen molar-refractivity contribution in [2.45, 2.75) is 6.61 Å². The maximum atomic E-state index is 12.7. The van der Waals surface area contributed by atoms with Crippen LogP contribution in [0.3, 0.4) is 0 Å². The van der Waals surface area contributed by atoms with E-state index in [0.717, 1.165) is 15.6 Å². The number of hydrogen-bond donors (Lipinski definition) is 1. The van der Waals surface area contributed by atoms with Crippen molar-refractivity contribution in [3.63, 3.8) is 0 Å². The molecule has 0 aliphatic heterocycles. The molecule has 4 rings (SSSR count). The Morgan fingerprint density at radius 3 is 2.43 bits per heavy atom. The van der Waals surface area contributed by atoms with Gasteiger partial charge in [-0.3, -0.25) is 10.1 Å². The number of hydrogen-bond acceptors (Lipinski definition) is 5. The molecule has 28 heavy (non-hydrogen) atoms. The Morgan fingerprint density at radius 1 is 0.964 bits per heavy atom. The van der Waals surface area contributed by atoms with Crippen molar-refractivity contribution < 1.29 is 9.53 Å². The normalized spacial score (nSPS) is 10.6. The van der Waals surface area contributed by atoms with Crippen molar-refractivity contribution in [3.05, 3.63) is 94.9 Å². The number of nitrogens with zero attached hydrogens (tertiary/aromatic N) is 3. The molecule has 2 heterocycles. The van der Waals surface area contributed by atoms with Crippen LogP contribution >= 0.6 is 0 Å². The number of rotatable bonds is 4. The number of anilines is 1. The van der Waals surface area contributed by atoms with Crippen molar-refractivity contribution >= 4 is 17.4 Å². The molecule has 2 aromatic heterocycles. The average molecular weight is 372 g/mol. The van der Waals surface area contributed by atoms with Gasteiger partial charge < -0.3 is 4.74 Å². The zero-order valence-corrected chi connectivity index (χ0v) is 14.8. The number of carbonyl (C=O) groups is 1. The van der Waals surface area contributed by atoms with E-state index in [1.54, 1.807) is 12.1 Å². The molecule has 4 aromatic rings. The minimum absolute atomic E-state index is 0.00623. The summed E-state index contributed by atoms with van der Waals surface area (Å²) in [6.45, 7) is 0.103. The van der Waals surface area contributed by atoms with Crippen molar-refractivity contribution in [3.8, 4) is 11.3 Å². The summed E-state index contributed by atoms with van der Waals surface area (Å²) >= 11 is 0. The predicted molar refractivity (Wildman–Crippen MR) is 105 cm³/mol. The molecule has 0 spiro atoms. The lowest BCUT2D eigenvalue weighted by Crippen LogP contribution is -2.25. The summed E-state index contributed by atoms with van der Waals surface area (Å²) in [7, 11) is 0. The monoisotopic (exact) mass is 372 g/mol. The van der Waals surface area contributed by atoms with Crippen LogP contribution in [0.4, 0.5) is 10.5 Å². The van der Waals surface area contributed by atoms with E-state index in [2.05, 4.69) is 15.4 Å². The van der Waals surface area contributed by atoms with E-state index >= 15 is 0 Å². The molecule has 138 valence electrons. The largest absolute Gasteiger partial charge is 0.444 e. The summed E-state index contributed by atoms with van der Waals surface area (Å²) in [6.07, 6.45) is 0.563. The number of fused-ring (bicyclic) bond motifs is 1. The van der Waals surface area contributed by atoms with Gasteiger partial charge in [0.05, 0.1) is 11.9 Å². The lowest BCUT2D eigenvalue weighted by atomic mass is 10.1. The van der Waals surface area contributed by atoms with Gasteiger partial charge in [0.25, 0.3) is 5.56 Å². The summed E-state index contributed by atoms with van der Waals surface area (Å²) in [4.78, 5) is 28.9. The van der Waals surface area contributed by atoms with Crippen LogP contribution in [0.15, 0.2) is 83.8 Å². The first-order chi connectivity index (χ1) is 13.7. The van der Waals surface area contributed by atoms with Crippen LogP contribution in [0.25, 0.3) is 16.9 Å². The van der Waals surface area contributed by atoms with Gasteiger partial charge in [-0.05, 0) is 17.7 Å². The Morgan fingerprint density at radius 2 is 1.68 bits per heavy atom. The Kier molecular flexibility index (Phi) is 4.79. The fourth-order valence-corrected chi connectivity index (χ4v) is 2.68. The number of benzene rings is 2. The van der Waals surface area contributed by atoms with Crippen molar-refractivity contribution in [1.29, 1.82) is 0 Å². The highest BCUT2D eigenvalue weighted by molar-refractivity contribution is 5.84. The number of aromatic nitrogens is 3. The number of amides is 1. The molecule has 0 bridgehead atoms. The molecule has 0 saturated heterocycles. The van der Waals surface area contributed by atoms with Crippen molar-refractivity contribution in [2.24, 2.45) is 0 Å². The zero-order chi connectivity index (χ0) is 19.3. The van der Waals surface area contributed by atoms with Crippen LogP contribution in [0, 0.1) is 0 Å². The van der Waals surface area contributed by atoms with Crippen molar-refractivity contribution in [2.75, 3.05) is 5.32 Å². The van der Waals surface area contributed by atoms with Gasteiger partial charge >= 0.3 is 6.09 Å². The van der Waals surface area contributed by atoms with Crippen LogP contribution < -0.4 is 10.9 Å².